The molecule has 0 spiro atoms. The van der Waals surface area contributed by atoms with Gasteiger partial charge in [-0.3, -0.25) is 15.2 Å². The number of nitro groups is 1. The number of carboxylic acids is 1. The minimum absolute atomic E-state index is 0.100. The average Bonchev–Trinajstić information content (AvgIpc) is 2.43. The van der Waals surface area contributed by atoms with Gasteiger partial charge in [0.2, 0.25) is 5.82 Å². The van der Waals surface area contributed by atoms with Crippen LogP contribution in [0.1, 0.15) is 5.69 Å². The van der Waals surface area contributed by atoms with Gasteiger partial charge in [-0.15, -0.1) is 0 Å². The van der Waals surface area contributed by atoms with Crippen molar-refractivity contribution in [3.05, 3.63) is 15.8 Å². The molecule has 0 aromatic carbocycles. The predicted molar refractivity (Wildman–Crippen MR) is 43.5 cm³/mol. The van der Waals surface area contributed by atoms with E-state index in [1.165, 1.54) is 6.92 Å². The summed E-state index contributed by atoms with van der Waals surface area (Å²) in [5, 5.41) is 28.8. The third kappa shape index (κ3) is 1.97. The Hall–Kier alpha value is -2.12. The highest BCUT2D eigenvalue weighted by molar-refractivity contribution is 5.72. The molecule has 0 aliphatic carbocycles. The SMILES string of the molecule is Cc1[nH]nc(NCC(=O)[O-])c1[N+](=O)[O-]. The van der Waals surface area contributed by atoms with Crippen LogP contribution in [-0.2, 0) is 4.79 Å². The average molecular weight is 199 g/mol. The number of hydrogen-bond acceptors (Lipinski definition) is 6. The molecule has 0 amide bonds. The summed E-state index contributed by atoms with van der Waals surface area (Å²) in [5.41, 5.74) is 0.00194. The van der Waals surface area contributed by atoms with Crippen molar-refractivity contribution in [2.75, 3.05) is 11.9 Å². The predicted octanol–water partition coefficient (Wildman–Crippen LogP) is -1.21. The fourth-order valence-electron chi connectivity index (χ4n) is 0.926. The lowest BCUT2D eigenvalue weighted by Crippen LogP contribution is -2.30. The Morgan fingerprint density at radius 1 is 1.71 bits per heavy atom. The molecule has 0 radical (unpaired) electrons. The molecule has 8 nitrogen and oxygen atoms in total. The summed E-state index contributed by atoms with van der Waals surface area (Å²) in [4.78, 5) is 19.9. The van der Waals surface area contributed by atoms with E-state index in [4.69, 9.17) is 0 Å². The van der Waals surface area contributed by atoms with E-state index in [9.17, 15) is 20.0 Å². The number of hydrogen-bond donors (Lipinski definition) is 2. The molecule has 0 fully saturated rings. The quantitative estimate of drug-likeness (QED) is 0.463. The largest absolute Gasteiger partial charge is 0.548 e. The molecular weight excluding hydrogens is 192 g/mol. The highest BCUT2D eigenvalue weighted by atomic mass is 16.6. The summed E-state index contributed by atoms with van der Waals surface area (Å²) in [6, 6.07) is 0. The van der Waals surface area contributed by atoms with Crippen molar-refractivity contribution in [2.45, 2.75) is 6.92 Å². The van der Waals surface area contributed by atoms with E-state index in [-0.39, 0.29) is 17.2 Å². The molecule has 76 valence electrons. The molecule has 0 aliphatic heterocycles. The van der Waals surface area contributed by atoms with Gasteiger partial charge >= 0.3 is 5.69 Å². The summed E-state index contributed by atoms with van der Waals surface area (Å²) < 4.78 is 0. The fourth-order valence-corrected chi connectivity index (χ4v) is 0.926. The maximum Gasteiger partial charge on any atom is 0.333 e. The molecule has 1 aromatic rings. The summed E-state index contributed by atoms with van der Waals surface area (Å²) in [5.74, 6) is -1.46. The molecule has 0 saturated heterocycles. The van der Waals surface area contributed by atoms with Gasteiger partial charge in [0.15, 0.2) is 0 Å². The first-order chi connectivity index (χ1) is 6.52. The van der Waals surface area contributed by atoms with Crippen LogP contribution >= 0.6 is 0 Å². The second-order valence-electron chi connectivity index (χ2n) is 2.53. The number of anilines is 1. The van der Waals surface area contributed by atoms with Crippen LogP contribution in [0.5, 0.6) is 0 Å². The summed E-state index contributed by atoms with van der Waals surface area (Å²) in [6.07, 6.45) is 0. The van der Waals surface area contributed by atoms with Gasteiger partial charge in [-0.05, 0) is 6.92 Å². The zero-order chi connectivity index (χ0) is 10.7. The number of nitrogens with zero attached hydrogens (tertiary/aromatic N) is 2. The Bertz CT molecular complexity index is 372. The van der Waals surface area contributed by atoms with Gasteiger partial charge in [-0.25, -0.2) is 0 Å². The standard InChI is InChI=1S/C6H8N4O4/c1-3-5(10(13)14)6(9-8-3)7-2-4(11)12/h2H2,1H3,(H,11,12)(H2,7,8,9)/p-1. The molecule has 14 heavy (non-hydrogen) atoms. The Morgan fingerprint density at radius 2 is 2.36 bits per heavy atom. The number of aryl methyl sites for hydroxylation is 1. The van der Waals surface area contributed by atoms with Crippen LogP contribution < -0.4 is 10.4 Å². The number of aromatic amines is 1. The van der Waals surface area contributed by atoms with Crippen molar-refractivity contribution in [1.82, 2.24) is 10.2 Å². The summed E-state index contributed by atoms with van der Waals surface area (Å²) >= 11 is 0. The molecule has 0 unspecified atom stereocenters. The van der Waals surface area contributed by atoms with Gasteiger partial charge in [0, 0.05) is 0 Å². The van der Waals surface area contributed by atoms with E-state index in [1.54, 1.807) is 0 Å². The van der Waals surface area contributed by atoms with Gasteiger partial charge < -0.3 is 15.2 Å². The zero-order valence-electron chi connectivity index (χ0n) is 7.23. The Balaban J connectivity index is 2.86. The summed E-state index contributed by atoms with van der Waals surface area (Å²) in [7, 11) is 0. The number of aliphatic carboxylic acids is 1. The molecule has 2 N–H and O–H groups in total. The van der Waals surface area contributed by atoms with E-state index in [1.807, 2.05) is 0 Å². The molecule has 1 rings (SSSR count). The van der Waals surface area contributed by atoms with Gasteiger partial charge in [-0.1, -0.05) is 0 Å². The Labute approximate surface area is 78.1 Å². The topological polar surface area (TPSA) is 124 Å². The van der Waals surface area contributed by atoms with Crippen LogP contribution in [0.3, 0.4) is 0 Å². The first kappa shape index (κ1) is 9.96. The minimum atomic E-state index is -1.36. The van der Waals surface area contributed by atoms with E-state index in [0.717, 1.165) is 0 Å². The van der Waals surface area contributed by atoms with Crippen molar-refractivity contribution in [2.24, 2.45) is 0 Å². The Kier molecular flexibility index (Phi) is 2.65. The van der Waals surface area contributed by atoms with E-state index >= 15 is 0 Å². The van der Waals surface area contributed by atoms with Crippen molar-refractivity contribution in [1.29, 1.82) is 0 Å². The number of carbonyl (C=O) groups is 1. The molecule has 1 heterocycles. The van der Waals surface area contributed by atoms with Gasteiger partial charge in [-0.2, -0.15) is 5.10 Å². The normalized spacial score (nSPS) is 9.79. The maximum atomic E-state index is 10.5. The maximum absolute atomic E-state index is 10.5. The van der Waals surface area contributed by atoms with Crippen LogP contribution in [0.25, 0.3) is 0 Å². The Morgan fingerprint density at radius 3 is 2.86 bits per heavy atom. The van der Waals surface area contributed by atoms with Gasteiger partial charge in [0.25, 0.3) is 0 Å². The first-order valence-corrected chi connectivity index (χ1v) is 3.65. The van der Waals surface area contributed by atoms with E-state index in [2.05, 4.69) is 15.5 Å². The number of aromatic nitrogens is 2. The monoisotopic (exact) mass is 199 g/mol. The first-order valence-electron chi connectivity index (χ1n) is 3.65. The van der Waals surface area contributed by atoms with Crippen molar-refractivity contribution in [3.63, 3.8) is 0 Å². The number of carbonyl (C=O) groups excluding carboxylic acids is 1. The second-order valence-corrected chi connectivity index (χ2v) is 2.53. The van der Waals surface area contributed by atoms with Crippen molar-refractivity contribution < 1.29 is 14.8 Å². The molecule has 0 aliphatic rings. The molecule has 8 heteroatoms. The smallest absolute Gasteiger partial charge is 0.333 e. The third-order valence-electron chi connectivity index (χ3n) is 1.50. The lowest BCUT2D eigenvalue weighted by atomic mass is 10.4. The fraction of sp³-hybridized carbons (Fsp3) is 0.333. The molecule has 0 atom stereocenters. The highest BCUT2D eigenvalue weighted by Gasteiger charge is 2.20. The lowest BCUT2D eigenvalue weighted by Gasteiger charge is -2.02. The van der Waals surface area contributed by atoms with Crippen molar-refractivity contribution in [3.8, 4) is 0 Å². The zero-order valence-corrected chi connectivity index (χ0v) is 7.23. The van der Waals surface area contributed by atoms with Crippen molar-refractivity contribution >= 4 is 17.5 Å². The van der Waals surface area contributed by atoms with Crippen LogP contribution in [0.4, 0.5) is 11.5 Å². The van der Waals surface area contributed by atoms with Crippen LogP contribution in [0.2, 0.25) is 0 Å². The van der Waals surface area contributed by atoms with E-state index in [0.29, 0.717) is 0 Å². The number of carboxylic acid groups (broad SMARTS) is 1. The summed E-state index contributed by atoms with van der Waals surface area (Å²) in [6.45, 7) is 0.945. The van der Waals surface area contributed by atoms with Gasteiger partial charge in [0.05, 0.1) is 17.4 Å². The molecule has 0 saturated carbocycles. The number of H-pyrrole nitrogens is 1. The highest BCUT2D eigenvalue weighted by Crippen LogP contribution is 2.24. The van der Waals surface area contributed by atoms with Crippen LogP contribution in [0, 0.1) is 17.0 Å². The molecule has 1 aromatic heterocycles. The van der Waals surface area contributed by atoms with Crippen LogP contribution in [0.15, 0.2) is 0 Å². The van der Waals surface area contributed by atoms with Crippen LogP contribution in [-0.4, -0.2) is 27.6 Å². The van der Waals surface area contributed by atoms with E-state index < -0.39 is 17.4 Å². The van der Waals surface area contributed by atoms with Gasteiger partial charge in [0.1, 0.15) is 5.69 Å². The molecular formula is C6H7N4O4-. The second kappa shape index (κ2) is 3.73. The number of nitrogens with one attached hydrogen (secondary N) is 2. The number of rotatable bonds is 4. The third-order valence-corrected chi connectivity index (χ3v) is 1.50. The molecule has 0 bridgehead atoms. The lowest BCUT2D eigenvalue weighted by molar-refractivity contribution is -0.384. The minimum Gasteiger partial charge on any atom is -0.548 e.